The maximum absolute atomic E-state index is 10.4. The molecule has 0 saturated carbocycles. The Morgan fingerprint density at radius 3 is 2.56 bits per heavy atom. The number of amides is 1. The molecule has 1 aromatic heterocycles. The van der Waals surface area contributed by atoms with Crippen LogP contribution in [-0.2, 0) is 0 Å². The molecule has 0 aliphatic carbocycles. The minimum atomic E-state index is -0.554. The molecule has 48 valence electrons. The molecule has 1 rings (SSSR count). The predicted octanol–water partition coefficient (Wildman–Crippen LogP) is -0.788. The molecule has 0 radical (unpaired) electrons. The molecule has 0 saturated heterocycles. The molecule has 0 fully saturated rings. The quantitative estimate of drug-likeness (QED) is 0.517. The minimum Gasteiger partial charge on any atom is -0.364 e. The van der Waals surface area contributed by atoms with E-state index in [1.807, 2.05) is 0 Å². The van der Waals surface area contributed by atoms with Gasteiger partial charge in [-0.3, -0.25) is 4.79 Å². The zero-order chi connectivity index (χ0) is 6.85. The number of aryl methyl sites for hydroxylation is 1. The lowest BCUT2D eigenvalue weighted by Gasteiger charge is -1.83. The lowest BCUT2D eigenvalue weighted by Crippen LogP contribution is -2.12. The number of nitrogens with zero attached hydrogens (tertiary/aromatic N) is 2. The first-order chi connectivity index (χ1) is 4.22. The molecule has 0 aliphatic heterocycles. The summed E-state index contributed by atoms with van der Waals surface area (Å²) < 4.78 is 0. The number of hydrogen-bond acceptors (Lipinski definition) is 3. The molecule has 9 heavy (non-hydrogen) atoms. The lowest BCUT2D eigenvalue weighted by atomic mass is 10.3. The molecule has 1 aromatic rings. The van der Waals surface area contributed by atoms with Crippen LogP contribution in [0.15, 0.2) is 0 Å². The molecule has 5 heteroatoms. The van der Waals surface area contributed by atoms with Crippen LogP contribution in [0.3, 0.4) is 0 Å². The third kappa shape index (κ3) is 0.883. The minimum absolute atomic E-state index is 0.204. The zero-order valence-corrected chi connectivity index (χ0v) is 4.88. The zero-order valence-electron chi connectivity index (χ0n) is 4.88. The third-order valence-corrected chi connectivity index (χ3v) is 0.956. The highest BCUT2D eigenvalue weighted by atomic mass is 16.1. The highest BCUT2D eigenvalue weighted by molar-refractivity contribution is 5.91. The number of nitrogens with one attached hydrogen (secondary N) is 1. The number of primary amides is 1. The van der Waals surface area contributed by atoms with Crippen LogP contribution in [0, 0.1) is 6.92 Å². The number of aromatic amines is 1. The molecule has 0 bridgehead atoms. The standard InChI is InChI=1S/C4H6N4O/c1-2-3(4(5)9)7-8-6-2/h1H3,(H2,5,9)(H,6,7,8). The number of rotatable bonds is 1. The van der Waals surface area contributed by atoms with Gasteiger partial charge in [-0.05, 0) is 6.92 Å². The van der Waals surface area contributed by atoms with E-state index in [2.05, 4.69) is 15.4 Å². The van der Waals surface area contributed by atoms with Crippen LogP contribution in [-0.4, -0.2) is 21.3 Å². The van der Waals surface area contributed by atoms with Gasteiger partial charge in [0.05, 0.1) is 5.69 Å². The van der Waals surface area contributed by atoms with Crippen molar-refractivity contribution in [2.45, 2.75) is 6.92 Å². The van der Waals surface area contributed by atoms with Crippen molar-refractivity contribution in [2.75, 3.05) is 0 Å². The second-order valence-corrected chi connectivity index (χ2v) is 1.62. The number of aromatic nitrogens is 3. The van der Waals surface area contributed by atoms with Crippen LogP contribution >= 0.6 is 0 Å². The van der Waals surface area contributed by atoms with Crippen LogP contribution in [0.25, 0.3) is 0 Å². The number of H-pyrrole nitrogens is 1. The number of carbonyl (C=O) groups is 1. The Balaban J connectivity index is 3.08. The van der Waals surface area contributed by atoms with Crippen molar-refractivity contribution < 1.29 is 4.79 Å². The van der Waals surface area contributed by atoms with Crippen LogP contribution in [0.2, 0.25) is 0 Å². The summed E-state index contributed by atoms with van der Waals surface area (Å²) in [6.07, 6.45) is 0. The predicted molar refractivity (Wildman–Crippen MR) is 29.6 cm³/mol. The van der Waals surface area contributed by atoms with Gasteiger partial charge in [0.15, 0.2) is 5.69 Å². The Bertz CT molecular complexity index is 228. The summed E-state index contributed by atoms with van der Waals surface area (Å²) in [6.45, 7) is 1.66. The molecular formula is C4H6N4O. The summed E-state index contributed by atoms with van der Waals surface area (Å²) in [6, 6.07) is 0. The Morgan fingerprint density at radius 1 is 1.67 bits per heavy atom. The van der Waals surface area contributed by atoms with Crippen molar-refractivity contribution in [3.05, 3.63) is 11.4 Å². The van der Waals surface area contributed by atoms with Gasteiger partial charge in [0, 0.05) is 0 Å². The van der Waals surface area contributed by atoms with Gasteiger partial charge < -0.3 is 5.73 Å². The van der Waals surface area contributed by atoms with Gasteiger partial charge in [-0.25, -0.2) is 0 Å². The maximum Gasteiger partial charge on any atom is 0.271 e. The van der Waals surface area contributed by atoms with Gasteiger partial charge >= 0.3 is 0 Å². The fraction of sp³-hybridized carbons (Fsp3) is 0.250. The van der Waals surface area contributed by atoms with Crippen LogP contribution in [0.5, 0.6) is 0 Å². The van der Waals surface area contributed by atoms with E-state index in [9.17, 15) is 4.79 Å². The first kappa shape index (κ1) is 5.74. The Hall–Kier alpha value is -1.39. The SMILES string of the molecule is Cc1n[nH]nc1C(N)=O. The topological polar surface area (TPSA) is 84.7 Å². The molecule has 0 aromatic carbocycles. The van der Waals surface area contributed by atoms with Crippen molar-refractivity contribution in [1.82, 2.24) is 15.4 Å². The van der Waals surface area contributed by atoms with Gasteiger partial charge in [0.1, 0.15) is 0 Å². The highest BCUT2D eigenvalue weighted by Crippen LogP contribution is 1.94. The average molecular weight is 126 g/mol. The average Bonchev–Trinajstić information content (AvgIpc) is 2.13. The van der Waals surface area contributed by atoms with Gasteiger partial charge in [0.2, 0.25) is 0 Å². The molecular weight excluding hydrogens is 120 g/mol. The summed E-state index contributed by atoms with van der Waals surface area (Å²) >= 11 is 0. The number of carbonyl (C=O) groups excluding carboxylic acids is 1. The summed E-state index contributed by atoms with van der Waals surface area (Å²) in [5, 5.41) is 9.38. The molecule has 1 amide bonds. The van der Waals surface area contributed by atoms with Crippen LogP contribution in [0.1, 0.15) is 16.2 Å². The van der Waals surface area contributed by atoms with Gasteiger partial charge in [-0.1, -0.05) is 0 Å². The molecule has 3 N–H and O–H groups in total. The van der Waals surface area contributed by atoms with Gasteiger partial charge in [-0.15, -0.1) is 0 Å². The Kier molecular flexibility index (Phi) is 1.18. The number of hydrogen-bond donors (Lipinski definition) is 2. The van der Waals surface area contributed by atoms with Crippen molar-refractivity contribution >= 4 is 5.91 Å². The van der Waals surface area contributed by atoms with Crippen molar-refractivity contribution in [3.8, 4) is 0 Å². The monoisotopic (exact) mass is 126 g/mol. The third-order valence-electron chi connectivity index (χ3n) is 0.956. The molecule has 0 aliphatic rings. The Morgan fingerprint density at radius 2 is 2.33 bits per heavy atom. The maximum atomic E-state index is 10.4. The van der Waals surface area contributed by atoms with E-state index >= 15 is 0 Å². The van der Waals surface area contributed by atoms with Gasteiger partial charge in [-0.2, -0.15) is 15.4 Å². The van der Waals surface area contributed by atoms with E-state index in [0.29, 0.717) is 5.69 Å². The first-order valence-corrected chi connectivity index (χ1v) is 2.39. The Labute approximate surface area is 51.2 Å². The largest absolute Gasteiger partial charge is 0.364 e. The van der Waals surface area contributed by atoms with E-state index in [-0.39, 0.29) is 5.69 Å². The summed E-state index contributed by atoms with van der Waals surface area (Å²) in [5.74, 6) is -0.554. The first-order valence-electron chi connectivity index (χ1n) is 2.39. The van der Waals surface area contributed by atoms with E-state index in [1.54, 1.807) is 6.92 Å². The van der Waals surface area contributed by atoms with E-state index in [4.69, 9.17) is 5.73 Å². The number of nitrogens with two attached hydrogens (primary N) is 1. The van der Waals surface area contributed by atoms with E-state index < -0.39 is 5.91 Å². The van der Waals surface area contributed by atoms with Crippen molar-refractivity contribution in [3.63, 3.8) is 0 Å². The molecule has 0 spiro atoms. The van der Waals surface area contributed by atoms with Crippen molar-refractivity contribution in [1.29, 1.82) is 0 Å². The second kappa shape index (κ2) is 1.85. The molecule has 0 atom stereocenters. The second-order valence-electron chi connectivity index (χ2n) is 1.62. The normalized spacial score (nSPS) is 9.44. The smallest absolute Gasteiger partial charge is 0.271 e. The highest BCUT2D eigenvalue weighted by Gasteiger charge is 2.06. The van der Waals surface area contributed by atoms with Gasteiger partial charge in [0.25, 0.3) is 5.91 Å². The fourth-order valence-corrected chi connectivity index (χ4v) is 0.517. The summed E-state index contributed by atoms with van der Waals surface area (Å²) in [4.78, 5) is 10.4. The lowest BCUT2D eigenvalue weighted by molar-refractivity contribution is 0.0995. The van der Waals surface area contributed by atoms with E-state index in [0.717, 1.165) is 0 Å². The van der Waals surface area contributed by atoms with Crippen LogP contribution < -0.4 is 5.73 Å². The molecule has 1 heterocycles. The summed E-state index contributed by atoms with van der Waals surface area (Å²) in [5.41, 5.74) is 5.63. The molecule has 5 nitrogen and oxygen atoms in total. The molecule has 0 unspecified atom stereocenters. The van der Waals surface area contributed by atoms with Crippen molar-refractivity contribution in [2.24, 2.45) is 5.73 Å². The fourth-order valence-electron chi connectivity index (χ4n) is 0.517. The summed E-state index contributed by atoms with van der Waals surface area (Å²) in [7, 11) is 0. The van der Waals surface area contributed by atoms with E-state index in [1.165, 1.54) is 0 Å². The van der Waals surface area contributed by atoms with Crippen LogP contribution in [0.4, 0.5) is 0 Å².